The summed E-state index contributed by atoms with van der Waals surface area (Å²) in [5, 5.41) is 6.43. The second-order valence-electron chi connectivity index (χ2n) is 2.29. The van der Waals surface area contributed by atoms with Crippen molar-refractivity contribution in [3.8, 4) is 0 Å². The van der Waals surface area contributed by atoms with Crippen LogP contribution in [0.25, 0.3) is 0 Å². The van der Waals surface area contributed by atoms with Crippen LogP contribution in [0, 0.1) is 5.41 Å². The quantitative estimate of drug-likeness (QED) is 0.524. The molecule has 0 atom stereocenters. The van der Waals surface area contributed by atoms with Crippen LogP contribution in [0.2, 0.25) is 0 Å². The fraction of sp³-hybridized carbons (Fsp3) is 0.500. The second kappa shape index (κ2) is 4.48. The van der Waals surface area contributed by atoms with E-state index in [4.69, 9.17) is 17.0 Å². The van der Waals surface area contributed by atoms with E-state index in [0.29, 0.717) is 0 Å². The van der Waals surface area contributed by atoms with Crippen LogP contribution in [0.4, 0.5) is 0 Å². The van der Waals surface area contributed by atoms with Gasteiger partial charge in [0, 0.05) is 13.3 Å². The van der Waals surface area contributed by atoms with Gasteiger partial charge < -0.3 is 0 Å². The van der Waals surface area contributed by atoms with Gasteiger partial charge in [0.1, 0.15) is 5.17 Å². The predicted octanol–water partition coefficient (Wildman–Crippen LogP) is 0.694. The number of sulfone groups is 1. The number of nitrogens with one attached hydrogen (secondary N) is 1. The molecule has 0 aliphatic carbocycles. The largest absolute Gasteiger partial charge is 0.275 e. The highest BCUT2D eigenvalue weighted by molar-refractivity contribution is 8.05. The predicted molar refractivity (Wildman–Crippen MR) is 54.9 cm³/mol. The zero-order valence-electron chi connectivity index (χ0n) is 7.50. The van der Waals surface area contributed by atoms with E-state index in [1.807, 2.05) is 0 Å². The van der Waals surface area contributed by atoms with E-state index in [1.54, 1.807) is 0 Å². The molecule has 0 aliphatic rings. The highest BCUT2D eigenvalue weighted by Crippen LogP contribution is 1.95. The molecule has 13 heavy (non-hydrogen) atoms. The Bertz CT molecular complexity index is 369. The first-order valence-corrected chi connectivity index (χ1v) is 5.52. The Hall–Kier alpha value is -0.750. The fourth-order valence-corrected chi connectivity index (χ4v) is 0.788. The summed E-state index contributed by atoms with van der Waals surface area (Å²) in [6.07, 6.45) is 0.906. The molecule has 0 radical (unpaired) electrons. The van der Waals surface area contributed by atoms with Gasteiger partial charge in [0.25, 0.3) is 0 Å². The molecule has 0 saturated carbocycles. The minimum Gasteiger partial charge on any atom is -0.275 e. The number of hydrogen-bond donors (Lipinski definition) is 1. The third-order valence-corrected chi connectivity index (χ3v) is 2.35. The van der Waals surface area contributed by atoms with Crippen molar-refractivity contribution in [1.82, 2.24) is 0 Å². The molecular weight excluding hydrogens is 214 g/mol. The highest BCUT2D eigenvalue weighted by Gasteiger charge is 2.10. The SMILES string of the molecule is CN=C(Cl)C(C)=NC(=N)S(C)(=O)=O. The number of aliphatic imine (C=N–C) groups is 2. The Kier molecular flexibility index (Phi) is 4.22. The van der Waals surface area contributed by atoms with Gasteiger partial charge in [-0.3, -0.25) is 10.4 Å². The average Bonchev–Trinajstić information content (AvgIpc) is 2.01. The summed E-state index contributed by atoms with van der Waals surface area (Å²) in [4.78, 5) is 7.05. The van der Waals surface area contributed by atoms with E-state index in [0.717, 1.165) is 6.26 Å². The van der Waals surface area contributed by atoms with Gasteiger partial charge in [0.05, 0.1) is 5.71 Å². The summed E-state index contributed by atoms with van der Waals surface area (Å²) >= 11 is 5.54. The van der Waals surface area contributed by atoms with Gasteiger partial charge in [-0.25, -0.2) is 13.4 Å². The van der Waals surface area contributed by atoms with Gasteiger partial charge in [0.15, 0.2) is 0 Å². The fourth-order valence-electron chi connectivity index (χ4n) is 0.443. The normalized spacial score (nSPS) is 14.5. The van der Waals surface area contributed by atoms with Crippen molar-refractivity contribution in [2.45, 2.75) is 6.92 Å². The Labute approximate surface area is 82.0 Å². The molecule has 5 nitrogen and oxygen atoms in total. The minimum absolute atomic E-state index is 0.0911. The second-order valence-corrected chi connectivity index (χ2v) is 4.58. The van der Waals surface area contributed by atoms with Crippen LogP contribution >= 0.6 is 11.6 Å². The Morgan fingerprint density at radius 2 is 1.92 bits per heavy atom. The van der Waals surface area contributed by atoms with Crippen LogP contribution in [0.1, 0.15) is 6.92 Å². The monoisotopic (exact) mass is 223 g/mol. The summed E-state index contributed by atoms with van der Waals surface area (Å²) in [5.74, 6) is 0. The standard InChI is InChI=1S/C6H10ClN3O2S/c1-4(5(7)9-2)10-6(8)13(3,11)12/h8H,1-3H3. The maximum absolute atomic E-state index is 10.8. The Balaban J connectivity index is 4.91. The molecule has 1 N–H and O–H groups in total. The summed E-state index contributed by atoms with van der Waals surface area (Å²) in [6.45, 7) is 1.48. The summed E-state index contributed by atoms with van der Waals surface area (Å²) in [6, 6.07) is 0. The van der Waals surface area contributed by atoms with E-state index in [1.165, 1.54) is 14.0 Å². The minimum atomic E-state index is -3.56. The Morgan fingerprint density at radius 3 is 2.23 bits per heavy atom. The van der Waals surface area contributed by atoms with Crippen molar-refractivity contribution in [2.24, 2.45) is 9.98 Å². The molecule has 7 heteroatoms. The van der Waals surface area contributed by atoms with Crippen molar-refractivity contribution in [2.75, 3.05) is 13.3 Å². The topological polar surface area (TPSA) is 82.7 Å². The van der Waals surface area contributed by atoms with Crippen molar-refractivity contribution in [3.05, 3.63) is 0 Å². The van der Waals surface area contributed by atoms with Crippen LogP contribution in [0.15, 0.2) is 9.98 Å². The molecule has 0 amide bonds. The van der Waals surface area contributed by atoms with Gasteiger partial charge in [-0.2, -0.15) is 0 Å². The lowest BCUT2D eigenvalue weighted by Crippen LogP contribution is -2.13. The summed E-state index contributed by atoms with van der Waals surface area (Å²) in [7, 11) is -2.11. The molecule has 0 fully saturated rings. The Morgan fingerprint density at radius 1 is 1.46 bits per heavy atom. The first-order valence-electron chi connectivity index (χ1n) is 3.25. The van der Waals surface area contributed by atoms with Crippen molar-refractivity contribution >= 4 is 37.5 Å². The molecule has 0 saturated heterocycles. The first-order chi connectivity index (χ1) is 5.79. The van der Waals surface area contributed by atoms with Crippen LogP contribution in [-0.2, 0) is 9.84 Å². The van der Waals surface area contributed by atoms with Crippen LogP contribution in [0.3, 0.4) is 0 Å². The number of hydrogen-bond acceptors (Lipinski definition) is 4. The average molecular weight is 224 g/mol. The van der Waals surface area contributed by atoms with Gasteiger partial charge in [0.2, 0.25) is 15.0 Å². The highest BCUT2D eigenvalue weighted by atomic mass is 35.5. The molecule has 0 aromatic heterocycles. The van der Waals surface area contributed by atoms with Crippen LogP contribution < -0.4 is 0 Å². The molecule has 0 bridgehead atoms. The molecule has 0 aromatic rings. The summed E-state index contributed by atoms with van der Waals surface area (Å²) in [5.41, 5.74) is 0.208. The van der Waals surface area contributed by atoms with Gasteiger partial charge in [-0.1, -0.05) is 11.6 Å². The van der Waals surface area contributed by atoms with Crippen molar-refractivity contribution < 1.29 is 8.42 Å². The number of nitrogens with zero attached hydrogens (tertiary/aromatic N) is 2. The van der Waals surface area contributed by atoms with Gasteiger partial charge in [-0.15, -0.1) is 0 Å². The molecule has 0 aromatic carbocycles. The van der Waals surface area contributed by atoms with Crippen LogP contribution in [-0.4, -0.2) is 37.8 Å². The zero-order chi connectivity index (χ0) is 10.6. The molecule has 74 valence electrons. The third-order valence-electron chi connectivity index (χ3n) is 1.12. The van der Waals surface area contributed by atoms with E-state index >= 15 is 0 Å². The molecular formula is C6H10ClN3O2S. The molecule has 0 spiro atoms. The van der Waals surface area contributed by atoms with Crippen molar-refractivity contribution in [1.29, 1.82) is 5.41 Å². The lowest BCUT2D eigenvalue weighted by Gasteiger charge is -1.96. The lowest BCUT2D eigenvalue weighted by atomic mass is 10.5. The first kappa shape index (κ1) is 12.2. The summed E-state index contributed by atoms with van der Waals surface area (Å²) < 4.78 is 21.5. The van der Waals surface area contributed by atoms with E-state index in [2.05, 4.69) is 9.98 Å². The van der Waals surface area contributed by atoms with E-state index in [9.17, 15) is 8.42 Å². The van der Waals surface area contributed by atoms with E-state index < -0.39 is 15.0 Å². The molecule has 0 aliphatic heterocycles. The number of amidine groups is 1. The van der Waals surface area contributed by atoms with Crippen LogP contribution in [0.5, 0.6) is 0 Å². The maximum atomic E-state index is 10.8. The lowest BCUT2D eigenvalue weighted by molar-refractivity contribution is 0.612. The number of rotatable bonds is 1. The number of halogens is 1. The smallest absolute Gasteiger partial charge is 0.239 e. The van der Waals surface area contributed by atoms with Gasteiger partial charge in [-0.05, 0) is 6.92 Å². The van der Waals surface area contributed by atoms with Crippen molar-refractivity contribution in [3.63, 3.8) is 0 Å². The maximum Gasteiger partial charge on any atom is 0.239 e. The van der Waals surface area contributed by atoms with E-state index in [-0.39, 0.29) is 10.9 Å². The van der Waals surface area contributed by atoms with Gasteiger partial charge >= 0.3 is 0 Å². The molecule has 0 rings (SSSR count). The molecule has 0 heterocycles. The third kappa shape index (κ3) is 4.14. The zero-order valence-corrected chi connectivity index (χ0v) is 9.07. The molecule has 0 unspecified atom stereocenters.